The lowest BCUT2D eigenvalue weighted by Crippen LogP contribution is -2.44. The van der Waals surface area contributed by atoms with Gasteiger partial charge in [-0.1, -0.05) is 18.2 Å². The highest BCUT2D eigenvalue weighted by Crippen LogP contribution is 2.41. The Morgan fingerprint density at radius 2 is 1.79 bits per heavy atom. The molecule has 1 N–H and O–H groups in total. The Morgan fingerprint density at radius 1 is 1.12 bits per heavy atom. The second-order valence-electron chi connectivity index (χ2n) is 8.22. The van der Waals surface area contributed by atoms with E-state index in [4.69, 9.17) is 13.9 Å². The van der Waals surface area contributed by atoms with Crippen LogP contribution in [-0.4, -0.2) is 42.4 Å². The maximum Gasteiger partial charge on any atom is 0.450 e. The Kier molecular flexibility index (Phi) is 6.11. The van der Waals surface area contributed by atoms with Gasteiger partial charge in [0, 0.05) is 25.2 Å². The maximum atomic E-state index is 14.1. The van der Waals surface area contributed by atoms with Gasteiger partial charge in [-0.3, -0.25) is 9.69 Å². The molecule has 0 aliphatic carbocycles. The van der Waals surface area contributed by atoms with Gasteiger partial charge in [0.2, 0.25) is 11.2 Å². The van der Waals surface area contributed by atoms with Crippen molar-refractivity contribution in [2.24, 2.45) is 0 Å². The molecule has 1 aliphatic heterocycles. The summed E-state index contributed by atoms with van der Waals surface area (Å²) in [6, 6.07) is 8.56. The first-order chi connectivity index (χ1) is 15.6. The highest BCUT2D eigenvalue weighted by molar-refractivity contribution is 5.87. The van der Waals surface area contributed by atoms with Crippen LogP contribution in [0.5, 0.6) is 11.5 Å². The molecular weight excluding hydrogens is 439 g/mol. The number of methoxy groups -OCH3 is 1. The molecule has 3 aromatic rings. The molecule has 0 bridgehead atoms. The summed E-state index contributed by atoms with van der Waals surface area (Å²) in [5.41, 5.74) is -1.65. The zero-order chi connectivity index (χ0) is 23.9. The monoisotopic (exact) mass is 463 g/mol. The fourth-order valence-electron chi connectivity index (χ4n) is 4.39. The number of alkyl halides is 3. The smallest absolute Gasteiger partial charge is 0.450 e. The second kappa shape index (κ2) is 8.72. The molecule has 0 saturated carbocycles. The van der Waals surface area contributed by atoms with Gasteiger partial charge in [0.1, 0.15) is 17.1 Å². The Bertz CT molecular complexity index is 1230. The van der Waals surface area contributed by atoms with Gasteiger partial charge >= 0.3 is 6.18 Å². The van der Waals surface area contributed by atoms with E-state index >= 15 is 0 Å². The number of benzene rings is 2. The first-order valence-corrected chi connectivity index (χ1v) is 10.5. The number of para-hydroxylation sites is 1. The molecule has 2 atom stereocenters. The number of halogens is 3. The molecule has 0 amide bonds. The summed E-state index contributed by atoms with van der Waals surface area (Å²) in [7, 11) is 1.31. The van der Waals surface area contributed by atoms with Crippen molar-refractivity contribution in [3.8, 4) is 22.6 Å². The van der Waals surface area contributed by atoms with Crippen LogP contribution in [0.3, 0.4) is 0 Å². The third-order valence-electron chi connectivity index (χ3n) is 5.65. The highest BCUT2D eigenvalue weighted by atomic mass is 19.4. The van der Waals surface area contributed by atoms with Crippen molar-refractivity contribution in [2.45, 2.75) is 38.8 Å². The van der Waals surface area contributed by atoms with Gasteiger partial charge in [0.15, 0.2) is 0 Å². The first kappa shape index (κ1) is 23.1. The Hall–Kier alpha value is -3.04. The zero-order valence-corrected chi connectivity index (χ0v) is 18.4. The molecule has 2 unspecified atom stereocenters. The number of morpholine rings is 1. The number of rotatable bonds is 4. The van der Waals surface area contributed by atoms with E-state index < -0.39 is 22.9 Å². The second-order valence-corrected chi connectivity index (χ2v) is 8.22. The summed E-state index contributed by atoms with van der Waals surface area (Å²) >= 11 is 0. The average Bonchev–Trinajstić information content (AvgIpc) is 2.74. The maximum absolute atomic E-state index is 14.1. The standard InChI is InChI=1S/C24H24F3NO5/c1-13-10-28(11-14(2)32-13)12-17-18(29)9-8-16-21(30)20(15-6-4-5-7-19(15)31-3)23(24(25,26)27)33-22(16)17/h4-9,13-14,29H,10-12H2,1-3H3. The summed E-state index contributed by atoms with van der Waals surface area (Å²) in [5.74, 6) is -1.55. The van der Waals surface area contributed by atoms with Crippen LogP contribution in [0.2, 0.25) is 0 Å². The summed E-state index contributed by atoms with van der Waals surface area (Å²) < 4.78 is 58.6. The predicted octanol–water partition coefficient (Wildman–Crippen LogP) is 4.80. The molecule has 0 radical (unpaired) electrons. The molecule has 6 nitrogen and oxygen atoms in total. The summed E-state index contributed by atoms with van der Waals surface area (Å²) in [6.07, 6.45) is -5.12. The number of hydrogen-bond acceptors (Lipinski definition) is 6. The van der Waals surface area contributed by atoms with Gasteiger partial charge in [0.05, 0.1) is 35.8 Å². The molecule has 9 heteroatoms. The van der Waals surface area contributed by atoms with Crippen molar-refractivity contribution in [2.75, 3.05) is 20.2 Å². The van der Waals surface area contributed by atoms with Gasteiger partial charge in [-0.05, 0) is 32.0 Å². The van der Waals surface area contributed by atoms with Crippen LogP contribution in [0.4, 0.5) is 13.2 Å². The fourth-order valence-corrected chi connectivity index (χ4v) is 4.39. The summed E-state index contributed by atoms with van der Waals surface area (Å²) in [5, 5.41) is 10.5. The van der Waals surface area contributed by atoms with Crippen LogP contribution in [0.1, 0.15) is 25.2 Å². The molecule has 1 saturated heterocycles. The predicted molar refractivity (Wildman–Crippen MR) is 116 cm³/mol. The molecule has 2 aromatic carbocycles. The average molecular weight is 463 g/mol. The molecule has 4 rings (SSSR count). The molecular formula is C24H24F3NO5. The van der Waals surface area contributed by atoms with E-state index in [0.29, 0.717) is 13.1 Å². The Morgan fingerprint density at radius 3 is 2.42 bits per heavy atom. The van der Waals surface area contributed by atoms with Gasteiger partial charge in [-0.15, -0.1) is 0 Å². The summed E-state index contributed by atoms with van der Waals surface area (Å²) in [4.78, 5) is 15.3. The Labute approximate surface area is 188 Å². The quantitative estimate of drug-likeness (QED) is 0.599. The summed E-state index contributed by atoms with van der Waals surface area (Å²) in [6.45, 7) is 4.95. The number of phenols is 1. The number of ether oxygens (including phenoxy) is 2. The zero-order valence-electron chi connectivity index (χ0n) is 18.4. The minimum Gasteiger partial charge on any atom is -0.507 e. The highest BCUT2D eigenvalue weighted by Gasteiger charge is 2.40. The van der Waals surface area contributed by atoms with E-state index in [1.807, 2.05) is 18.7 Å². The molecule has 1 fully saturated rings. The number of hydrogen-bond donors (Lipinski definition) is 1. The van der Waals surface area contributed by atoms with E-state index in [1.165, 1.54) is 37.4 Å². The van der Waals surface area contributed by atoms with Crippen molar-refractivity contribution >= 4 is 11.0 Å². The van der Waals surface area contributed by atoms with E-state index in [0.717, 1.165) is 0 Å². The fraction of sp³-hybridized carbons (Fsp3) is 0.375. The molecule has 1 aliphatic rings. The van der Waals surface area contributed by atoms with Crippen molar-refractivity contribution in [1.82, 2.24) is 4.90 Å². The minimum atomic E-state index is -4.95. The third-order valence-corrected chi connectivity index (χ3v) is 5.65. The molecule has 33 heavy (non-hydrogen) atoms. The van der Waals surface area contributed by atoms with Gasteiger partial charge in [-0.25, -0.2) is 0 Å². The van der Waals surface area contributed by atoms with Crippen molar-refractivity contribution in [3.63, 3.8) is 0 Å². The van der Waals surface area contributed by atoms with Crippen molar-refractivity contribution in [3.05, 3.63) is 57.9 Å². The lowest BCUT2D eigenvalue weighted by atomic mass is 9.99. The van der Waals surface area contributed by atoms with E-state index in [2.05, 4.69) is 0 Å². The van der Waals surface area contributed by atoms with Gasteiger partial charge in [-0.2, -0.15) is 13.2 Å². The Balaban J connectivity index is 1.96. The van der Waals surface area contributed by atoms with Crippen LogP contribution < -0.4 is 10.2 Å². The molecule has 1 aromatic heterocycles. The molecule has 176 valence electrons. The topological polar surface area (TPSA) is 72.1 Å². The number of aromatic hydroxyl groups is 1. The van der Waals surface area contributed by atoms with E-state index in [9.17, 15) is 23.1 Å². The largest absolute Gasteiger partial charge is 0.507 e. The van der Waals surface area contributed by atoms with E-state index in [1.54, 1.807) is 6.07 Å². The van der Waals surface area contributed by atoms with E-state index in [-0.39, 0.29) is 52.3 Å². The lowest BCUT2D eigenvalue weighted by molar-refractivity contribution is -0.152. The molecule has 2 heterocycles. The van der Waals surface area contributed by atoms with Crippen LogP contribution in [-0.2, 0) is 17.5 Å². The SMILES string of the molecule is COc1ccccc1-c1c(C(F)(F)F)oc2c(CN3CC(C)OC(C)C3)c(O)ccc2c1=O. The normalized spacial score (nSPS) is 19.7. The number of fused-ring (bicyclic) bond motifs is 1. The number of nitrogens with zero attached hydrogens (tertiary/aromatic N) is 1. The van der Waals surface area contributed by atoms with Crippen LogP contribution >= 0.6 is 0 Å². The van der Waals surface area contributed by atoms with Gasteiger partial charge < -0.3 is 19.0 Å². The third kappa shape index (κ3) is 4.43. The van der Waals surface area contributed by atoms with Crippen LogP contribution in [0.15, 0.2) is 45.6 Å². The van der Waals surface area contributed by atoms with Crippen molar-refractivity contribution in [1.29, 1.82) is 0 Å². The van der Waals surface area contributed by atoms with Gasteiger partial charge in [0.25, 0.3) is 0 Å². The first-order valence-electron chi connectivity index (χ1n) is 10.5. The minimum absolute atomic E-state index is 0.0200. The molecule has 0 spiro atoms. The lowest BCUT2D eigenvalue weighted by Gasteiger charge is -2.35. The number of phenolic OH excluding ortho intramolecular Hbond substituents is 1. The van der Waals surface area contributed by atoms with Crippen LogP contribution in [0.25, 0.3) is 22.1 Å². The van der Waals surface area contributed by atoms with Crippen molar-refractivity contribution < 1.29 is 32.2 Å². The van der Waals surface area contributed by atoms with Crippen LogP contribution in [0, 0.1) is 0 Å².